The second kappa shape index (κ2) is 6.11. The summed E-state index contributed by atoms with van der Waals surface area (Å²) in [5.41, 5.74) is 0.745. The van der Waals surface area contributed by atoms with Gasteiger partial charge in [0.1, 0.15) is 11.5 Å². The number of likely N-dealkylation sites (tertiary alicyclic amines) is 1. The van der Waals surface area contributed by atoms with E-state index in [9.17, 15) is 15.0 Å². The highest BCUT2D eigenvalue weighted by Gasteiger charge is 2.32. The predicted molar refractivity (Wildman–Crippen MR) is 71.8 cm³/mol. The second-order valence-corrected chi connectivity index (χ2v) is 4.79. The van der Waals surface area contributed by atoms with E-state index in [1.165, 1.54) is 12.0 Å². The van der Waals surface area contributed by atoms with Crippen LogP contribution in [0.25, 0.3) is 0 Å². The average Bonchev–Trinajstić information content (AvgIpc) is 2.79. The van der Waals surface area contributed by atoms with E-state index in [0.717, 1.165) is 5.56 Å². The quantitative estimate of drug-likeness (QED) is 0.800. The van der Waals surface area contributed by atoms with Gasteiger partial charge in [0.2, 0.25) is 5.91 Å². The first-order valence-corrected chi connectivity index (χ1v) is 6.40. The molecule has 0 aromatic heterocycles. The third-order valence-electron chi connectivity index (χ3n) is 3.45. The molecule has 20 heavy (non-hydrogen) atoms. The molecule has 0 aliphatic carbocycles. The fraction of sp³-hybridized carbons (Fsp3) is 0.500. The number of methoxy groups -OCH3 is 2. The normalized spacial score (nSPS) is 21.9. The van der Waals surface area contributed by atoms with Crippen LogP contribution in [0.1, 0.15) is 5.56 Å². The molecule has 110 valence electrons. The lowest BCUT2D eigenvalue weighted by Gasteiger charge is -2.16. The Labute approximate surface area is 117 Å². The van der Waals surface area contributed by atoms with Gasteiger partial charge in [0, 0.05) is 24.7 Å². The first-order valence-electron chi connectivity index (χ1n) is 6.40. The van der Waals surface area contributed by atoms with Gasteiger partial charge in [0.25, 0.3) is 0 Å². The molecule has 6 nitrogen and oxygen atoms in total. The molecule has 1 amide bonds. The van der Waals surface area contributed by atoms with Crippen molar-refractivity contribution in [2.45, 2.75) is 18.6 Å². The van der Waals surface area contributed by atoms with E-state index < -0.39 is 12.2 Å². The Morgan fingerprint density at radius 3 is 2.45 bits per heavy atom. The van der Waals surface area contributed by atoms with Crippen LogP contribution in [0.3, 0.4) is 0 Å². The number of hydrogen-bond acceptors (Lipinski definition) is 5. The third-order valence-corrected chi connectivity index (χ3v) is 3.45. The maximum absolute atomic E-state index is 12.1. The Morgan fingerprint density at radius 1 is 1.25 bits per heavy atom. The third kappa shape index (κ3) is 3.02. The lowest BCUT2D eigenvalue weighted by atomic mass is 10.1. The standard InChI is InChI=1S/C14H19NO5/c1-19-10-4-3-9(13(6-10)20-2)5-14(18)15-7-11(16)12(17)8-15/h3-4,6,11-12,16-17H,5,7-8H2,1-2H3/t11-,12+. The van der Waals surface area contributed by atoms with Gasteiger partial charge in [0.05, 0.1) is 32.8 Å². The first-order chi connectivity index (χ1) is 9.55. The van der Waals surface area contributed by atoms with Gasteiger partial charge in [-0.25, -0.2) is 0 Å². The number of rotatable bonds is 4. The molecule has 0 bridgehead atoms. The van der Waals surface area contributed by atoms with E-state index in [0.29, 0.717) is 11.5 Å². The minimum Gasteiger partial charge on any atom is -0.497 e. The molecule has 0 spiro atoms. The molecule has 2 rings (SSSR count). The molecule has 1 aliphatic heterocycles. The highest BCUT2D eigenvalue weighted by Crippen LogP contribution is 2.25. The van der Waals surface area contributed by atoms with Gasteiger partial charge in [-0.05, 0) is 6.07 Å². The molecule has 0 saturated carbocycles. The number of ether oxygens (including phenoxy) is 2. The highest BCUT2D eigenvalue weighted by molar-refractivity contribution is 5.80. The van der Waals surface area contributed by atoms with Gasteiger partial charge >= 0.3 is 0 Å². The molecule has 0 unspecified atom stereocenters. The zero-order chi connectivity index (χ0) is 14.7. The van der Waals surface area contributed by atoms with Crippen LogP contribution in [0.5, 0.6) is 11.5 Å². The molecule has 1 fully saturated rings. The summed E-state index contributed by atoms with van der Waals surface area (Å²) in [6.07, 6.45) is -1.57. The SMILES string of the molecule is COc1ccc(CC(=O)N2C[C@@H](O)[C@@H](O)C2)c(OC)c1. The largest absolute Gasteiger partial charge is 0.497 e. The molecule has 1 saturated heterocycles. The van der Waals surface area contributed by atoms with Crippen molar-refractivity contribution < 1.29 is 24.5 Å². The molecule has 1 aliphatic rings. The topological polar surface area (TPSA) is 79.2 Å². The van der Waals surface area contributed by atoms with Crippen molar-refractivity contribution in [2.24, 2.45) is 0 Å². The van der Waals surface area contributed by atoms with Crippen LogP contribution in [0.2, 0.25) is 0 Å². The van der Waals surface area contributed by atoms with Gasteiger partial charge in [-0.2, -0.15) is 0 Å². The lowest BCUT2D eigenvalue weighted by Crippen LogP contribution is -2.31. The van der Waals surface area contributed by atoms with E-state index >= 15 is 0 Å². The van der Waals surface area contributed by atoms with Crippen molar-refractivity contribution >= 4 is 5.91 Å². The molecule has 1 aromatic carbocycles. The summed E-state index contributed by atoms with van der Waals surface area (Å²) in [6.45, 7) is 0.330. The van der Waals surface area contributed by atoms with Crippen LogP contribution < -0.4 is 9.47 Å². The number of carbonyl (C=O) groups is 1. The van der Waals surface area contributed by atoms with E-state index in [4.69, 9.17) is 9.47 Å². The number of β-amino-alcohol motifs (C(OH)–C–C–N with tert-alkyl or cyclic N) is 2. The average molecular weight is 281 g/mol. The predicted octanol–water partition coefficient (Wildman–Crippen LogP) is -0.190. The number of aliphatic hydroxyl groups excluding tert-OH is 2. The van der Waals surface area contributed by atoms with Gasteiger partial charge < -0.3 is 24.6 Å². The van der Waals surface area contributed by atoms with Crippen molar-refractivity contribution in [1.29, 1.82) is 0 Å². The maximum Gasteiger partial charge on any atom is 0.227 e. The molecule has 6 heteroatoms. The fourth-order valence-electron chi connectivity index (χ4n) is 2.25. The number of amides is 1. The maximum atomic E-state index is 12.1. The van der Waals surface area contributed by atoms with E-state index in [1.54, 1.807) is 25.3 Å². The van der Waals surface area contributed by atoms with Crippen LogP contribution in [0, 0.1) is 0 Å². The van der Waals surface area contributed by atoms with Gasteiger partial charge in [0.15, 0.2) is 0 Å². The summed E-state index contributed by atoms with van der Waals surface area (Å²) in [6, 6.07) is 5.26. The summed E-state index contributed by atoms with van der Waals surface area (Å²) in [5.74, 6) is 1.09. The summed E-state index contributed by atoms with van der Waals surface area (Å²) in [5, 5.41) is 18.9. The molecular formula is C14H19NO5. The molecule has 1 heterocycles. The minimum atomic E-state index is -0.864. The van der Waals surface area contributed by atoms with E-state index in [-0.39, 0.29) is 25.4 Å². The summed E-state index contributed by atoms with van der Waals surface area (Å²) < 4.78 is 10.3. The Kier molecular flexibility index (Phi) is 4.46. The fourth-order valence-corrected chi connectivity index (χ4v) is 2.25. The summed E-state index contributed by atoms with van der Waals surface area (Å²) >= 11 is 0. The van der Waals surface area contributed by atoms with Crippen LogP contribution in [0.15, 0.2) is 18.2 Å². The highest BCUT2D eigenvalue weighted by atomic mass is 16.5. The second-order valence-electron chi connectivity index (χ2n) is 4.79. The van der Waals surface area contributed by atoms with Crippen molar-refractivity contribution in [1.82, 2.24) is 4.90 Å². The molecular weight excluding hydrogens is 262 g/mol. The van der Waals surface area contributed by atoms with E-state index in [2.05, 4.69) is 0 Å². The van der Waals surface area contributed by atoms with E-state index in [1.807, 2.05) is 0 Å². The Hall–Kier alpha value is -1.79. The van der Waals surface area contributed by atoms with Crippen molar-refractivity contribution in [2.75, 3.05) is 27.3 Å². The Bertz CT molecular complexity index is 480. The smallest absolute Gasteiger partial charge is 0.227 e. The summed E-state index contributed by atoms with van der Waals surface area (Å²) in [7, 11) is 3.10. The Balaban J connectivity index is 2.08. The van der Waals surface area contributed by atoms with Crippen LogP contribution in [-0.2, 0) is 11.2 Å². The molecule has 1 aromatic rings. The van der Waals surface area contributed by atoms with Crippen LogP contribution in [0.4, 0.5) is 0 Å². The zero-order valence-corrected chi connectivity index (χ0v) is 11.6. The van der Waals surface area contributed by atoms with Crippen molar-refractivity contribution in [3.63, 3.8) is 0 Å². The molecule has 2 atom stereocenters. The monoisotopic (exact) mass is 281 g/mol. The number of benzene rings is 1. The van der Waals surface area contributed by atoms with Gasteiger partial charge in [-0.1, -0.05) is 6.07 Å². The summed E-state index contributed by atoms with van der Waals surface area (Å²) in [4.78, 5) is 13.6. The van der Waals surface area contributed by atoms with Crippen molar-refractivity contribution in [3.05, 3.63) is 23.8 Å². The first kappa shape index (κ1) is 14.6. The number of nitrogens with zero attached hydrogens (tertiary/aromatic N) is 1. The zero-order valence-electron chi connectivity index (χ0n) is 11.6. The Morgan fingerprint density at radius 2 is 1.90 bits per heavy atom. The van der Waals surface area contributed by atoms with Crippen molar-refractivity contribution in [3.8, 4) is 11.5 Å². The molecule has 0 radical (unpaired) electrons. The number of hydrogen-bond donors (Lipinski definition) is 2. The van der Waals surface area contributed by atoms with Crippen LogP contribution >= 0.6 is 0 Å². The van der Waals surface area contributed by atoms with Gasteiger partial charge in [-0.15, -0.1) is 0 Å². The lowest BCUT2D eigenvalue weighted by molar-refractivity contribution is -0.130. The van der Waals surface area contributed by atoms with Crippen LogP contribution in [-0.4, -0.2) is 60.5 Å². The number of aliphatic hydroxyl groups is 2. The molecule has 2 N–H and O–H groups in total. The minimum absolute atomic E-state index is 0.149. The van der Waals surface area contributed by atoms with Gasteiger partial charge in [-0.3, -0.25) is 4.79 Å². The number of carbonyl (C=O) groups excluding carboxylic acids is 1.